The van der Waals surface area contributed by atoms with E-state index in [2.05, 4.69) is 0 Å². The highest BCUT2D eigenvalue weighted by Gasteiger charge is 2.12. The van der Waals surface area contributed by atoms with Crippen molar-refractivity contribution >= 4 is 29.2 Å². The van der Waals surface area contributed by atoms with Crippen LogP contribution in [0, 0.1) is 0 Å². The van der Waals surface area contributed by atoms with Crippen LogP contribution in [0.15, 0.2) is 42.5 Å². The molecule has 0 aliphatic carbocycles. The predicted molar refractivity (Wildman–Crippen MR) is 69.9 cm³/mol. The molecular weight excluding hydrogens is 275 g/mol. The molecule has 0 radical (unpaired) electrons. The van der Waals surface area contributed by atoms with Gasteiger partial charge in [-0.15, -0.1) is 0 Å². The van der Waals surface area contributed by atoms with E-state index in [-0.39, 0.29) is 11.3 Å². The number of benzene rings is 2. The molecule has 5 heteroatoms. The normalized spacial score (nSPS) is 10.1. The number of rotatable bonds is 3. The zero-order valence-electron chi connectivity index (χ0n) is 9.06. The Labute approximate surface area is 114 Å². The topological polar surface area (TPSA) is 46.5 Å². The highest BCUT2D eigenvalue weighted by atomic mass is 35.5. The number of aromatic carboxylic acids is 1. The molecule has 2 aromatic rings. The van der Waals surface area contributed by atoms with Gasteiger partial charge in [-0.25, -0.2) is 4.79 Å². The summed E-state index contributed by atoms with van der Waals surface area (Å²) in [6.45, 7) is 0. The fourth-order valence-electron chi connectivity index (χ4n) is 1.42. The van der Waals surface area contributed by atoms with Gasteiger partial charge in [-0.2, -0.15) is 0 Å². The molecule has 0 fully saturated rings. The van der Waals surface area contributed by atoms with E-state index in [1.807, 2.05) is 0 Å². The second-order valence-electron chi connectivity index (χ2n) is 3.51. The minimum atomic E-state index is -1.10. The Morgan fingerprint density at radius 1 is 1.06 bits per heavy atom. The monoisotopic (exact) mass is 282 g/mol. The van der Waals surface area contributed by atoms with Crippen LogP contribution < -0.4 is 4.74 Å². The van der Waals surface area contributed by atoms with Crippen molar-refractivity contribution in [2.45, 2.75) is 0 Å². The number of carbonyl (C=O) groups is 1. The lowest BCUT2D eigenvalue weighted by atomic mass is 10.2. The van der Waals surface area contributed by atoms with Gasteiger partial charge in [0, 0.05) is 10.0 Å². The maximum atomic E-state index is 11.1. The number of hydrogen-bond acceptors (Lipinski definition) is 2. The first-order valence-electron chi connectivity index (χ1n) is 5.02. The third kappa shape index (κ3) is 2.94. The minimum absolute atomic E-state index is 0.00229. The van der Waals surface area contributed by atoms with E-state index in [4.69, 9.17) is 33.0 Å². The van der Waals surface area contributed by atoms with E-state index >= 15 is 0 Å². The molecule has 0 aromatic heterocycles. The van der Waals surface area contributed by atoms with Crippen LogP contribution in [0.1, 0.15) is 10.4 Å². The molecule has 18 heavy (non-hydrogen) atoms. The molecule has 0 spiro atoms. The molecule has 92 valence electrons. The molecule has 2 rings (SSSR count). The first-order valence-corrected chi connectivity index (χ1v) is 5.78. The summed E-state index contributed by atoms with van der Waals surface area (Å²) in [5.74, 6) is -0.420. The van der Waals surface area contributed by atoms with Gasteiger partial charge in [-0.1, -0.05) is 29.3 Å². The summed E-state index contributed by atoms with van der Waals surface area (Å²) in [5.41, 5.74) is 0.00229. The van der Waals surface area contributed by atoms with Crippen molar-refractivity contribution in [1.82, 2.24) is 0 Å². The molecule has 1 N–H and O–H groups in total. The quantitative estimate of drug-likeness (QED) is 0.903. The predicted octanol–water partition coefficient (Wildman–Crippen LogP) is 4.48. The van der Waals surface area contributed by atoms with Crippen molar-refractivity contribution in [3.63, 3.8) is 0 Å². The Balaban J connectivity index is 2.37. The number of halogens is 2. The van der Waals surface area contributed by atoms with E-state index in [1.165, 1.54) is 12.1 Å². The van der Waals surface area contributed by atoms with E-state index in [0.29, 0.717) is 15.8 Å². The van der Waals surface area contributed by atoms with Crippen LogP contribution in [0.2, 0.25) is 10.0 Å². The molecule has 0 unspecified atom stereocenters. The zero-order valence-corrected chi connectivity index (χ0v) is 10.6. The van der Waals surface area contributed by atoms with Crippen molar-refractivity contribution in [2.24, 2.45) is 0 Å². The summed E-state index contributed by atoms with van der Waals surface area (Å²) >= 11 is 11.6. The summed E-state index contributed by atoms with van der Waals surface area (Å²) < 4.78 is 5.48. The maximum Gasteiger partial charge on any atom is 0.339 e. The first kappa shape index (κ1) is 12.7. The number of carboxylic acid groups (broad SMARTS) is 1. The van der Waals surface area contributed by atoms with Gasteiger partial charge in [0.2, 0.25) is 0 Å². The molecule has 3 nitrogen and oxygen atoms in total. The zero-order chi connectivity index (χ0) is 13.1. The summed E-state index contributed by atoms with van der Waals surface area (Å²) in [7, 11) is 0. The van der Waals surface area contributed by atoms with Gasteiger partial charge < -0.3 is 9.84 Å². The number of ether oxygens (including phenoxy) is 1. The summed E-state index contributed by atoms with van der Waals surface area (Å²) in [6, 6.07) is 11.1. The van der Waals surface area contributed by atoms with Crippen LogP contribution in [0.25, 0.3) is 0 Å². The van der Waals surface area contributed by atoms with E-state index in [9.17, 15) is 4.79 Å². The van der Waals surface area contributed by atoms with Crippen molar-refractivity contribution in [3.05, 3.63) is 58.1 Å². The third-order valence-electron chi connectivity index (χ3n) is 2.20. The Bertz CT molecular complexity index is 597. The molecule has 0 atom stereocenters. The summed E-state index contributed by atoms with van der Waals surface area (Å²) in [6.07, 6.45) is 0. The highest BCUT2D eigenvalue weighted by Crippen LogP contribution is 2.29. The minimum Gasteiger partial charge on any atom is -0.478 e. The van der Waals surface area contributed by atoms with Crippen LogP contribution in [-0.2, 0) is 0 Å². The molecule has 0 amide bonds. The van der Waals surface area contributed by atoms with Crippen molar-refractivity contribution in [1.29, 1.82) is 0 Å². The maximum absolute atomic E-state index is 11.1. The van der Waals surface area contributed by atoms with E-state index in [0.717, 1.165) is 0 Å². The number of carboxylic acids is 1. The molecule has 0 bridgehead atoms. The second-order valence-corrected chi connectivity index (χ2v) is 4.38. The fraction of sp³-hybridized carbons (Fsp3) is 0. The van der Waals surface area contributed by atoms with Gasteiger partial charge >= 0.3 is 5.97 Å². The summed E-state index contributed by atoms with van der Waals surface area (Å²) in [5, 5.41) is 9.91. The molecule has 0 aliphatic heterocycles. The smallest absolute Gasteiger partial charge is 0.339 e. The van der Waals surface area contributed by atoms with Crippen LogP contribution in [0.3, 0.4) is 0 Å². The van der Waals surface area contributed by atoms with Gasteiger partial charge in [-0.05, 0) is 36.4 Å². The van der Waals surface area contributed by atoms with Crippen molar-refractivity contribution < 1.29 is 14.6 Å². The van der Waals surface area contributed by atoms with Crippen molar-refractivity contribution in [3.8, 4) is 11.5 Å². The Kier molecular flexibility index (Phi) is 3.75. The molecular formula is C13H8Cl2O3. The Morgan fingerprint density at radius 2 is 1.78 bits per heavy atom. The SMILES string of the molecule is O=C(O)c1cc(Cl)ccc1Oc1cccc(Cl)c1. The molecule has 0 saturated carbocycles. The van der Waals surface area contributed by atoms with Crippen LogP contribution in [-0.4, -0.2) is 11.1 Å². The van der Waals surface area contributed by atoms with Gasteiger partial charge in [0.25, 0.3) is 0 Å². The van der Waals surface area contributed by atoms with Crippen LogP contribution >= 0.6 is 23.2 Å². The second kappa shape index (κ2) is 5.29. The van der Waals surface area contributed by atoms with Gasteiger partial charge in [0.1, 0.15) is 17.1 Å². The average molecular weight is 283 g/mol. The highest BCUT2D eigenvalue weighted by molar-refractivity contribution is 6.31. The van der Waals surface area contributed by atoms with Gasteiger partial charge in [0.05, 0.1) is 0 Å². The standard InChI is InChI=1S/C13H8Cl2O3/c14-8-2-1-3-10(6-8)18-12-5-4-9(15)7-11(12)13(16)17/h1-7H,(H,16,17). The van der Waals surface area contributed by atoms with E-state index in [1.54, 1.807) is 30.3 Å². The van der Waals surface area contributed by atoms with Gasteiger partial charge in [-0.3, -0.25) is 0 Å². The summed E-state index contributed by atoms with van der Waals surface area (Å²) in [4.78, 5) is 11.1. The van der Waals surface area contributed by atoms with Crippen LogP contribution in [0.5, 0.6) is 11.5 Å². The third-order valence-corrected chi connectivity index (χ3v) is 2.67. The largest absolute Gasteiger partial charge is 0.478 e. The van der Waals surface area contributed by atoms with E-state index < -0.39 is 5.97 Å². The van der Waals surface area contributed by atoms with Gasteiger partial charge in [0.15, 0.2) is 0 Å². The fourth-order valence-corrected chi connectivity index (χ4v) is 1.77. The molecule has 0 heterocycles. The molecule has 2 aromatic carbocycles. The lowest BCUT2D eigenvalue weighted by Gasteiger charge is -2.09. The van der Waals surface area contributed by atoms with Crippen LogP contribution in [0.4, 0.5) is 0 Å². The molecule has 0 aliphatic rings. The van der Waals surface area contributed by atoms with Crippen molar-refractivity contribution in [2.75, 3.05) is 0 Å². The first-order chi connectivity index (χ1) is 8.56. The Morgan fingerprint density at radius 3 is 2.44 bits per heavy atom. The lowest BCUT2D eigenvalue weighted by molar-refractivity contribution is 0.0694. The average Bonchev–Trinajstić information content (AvgIpc) is 2.31. The Hall–Kier alpha value is -1.71. The number of hydrogen-bond donors (Lipinski definition) is 1. The molecule has 0 saturated heterocycles. The lowest BCUT2D eigenvalue weighted by Crippen LogP contribution is -1.99.